The van der Waals surface area contributed by atoms with E-state index in [1.54, 1.807) is 0 Å². The number of aliphatic hydroxyl groups excluding tert-OH is 1. The first kappa shape index (κ1) is 49.0. The van der Waals surface area contributed by atoms with Gasteiger partial charge in [0.25, 0.3) is 0 Å². The van der Waals surface area contributed by atoms with Gasteiger partial charge >= 0.3 is 17.9 Å². The monoisotopic (exact) mass is 727 g/mol. The van der Waals surface area contributed by atoms with E-state index in [9.17, 15) is 19.5 Å². The van der Waals surface area contributed by atoms with E-state index in [-0.39, 0.29) is 44.1 Å². The van der Waals surface area contributed by atoms with Gasteiger partial charge in [-0.3, -0.25) is 14.4 Å². The lowest BCUT2D eigenvalue weighted by Crippen LogP contribution is -2.25. The number of aliphatic hydroxyl groups is 1. The van der Waals surface area contributed by atoms with Crippen molar-refractivity contribution in [2.45, 2.75) is 194 Å². The van der Waals surface area contributed by atoms with Gasteiger partial charge in [-0.05, 0) is 38.5 Å². The van der Waals surface area contributed by atoms with Gasteiger partial charge in [-0.15, -0.1) is 0 Å². The number of carbonyl (C=O) groups excluding carboxylic acids is 3. The van der Waals surface area contributed by atoms with Crippen molar-refractivity contribution < 1.29 is 43.2 Å². The molecule has 0 aliphatic carbocycles. The molecule has 0 rings (SSSR count). The summed E-state index contributed by atoms with van der Waals surface area (Å²) >= 11 is 0. The molecule has 0 spiro atoms. The second-order valence-corrected chi connectivity index (χ2v) is 13.9. The van der Waals surface area contributed by atoms with Crippen molar-refractivity contribution in [1.82, 2.24) is 0 Å². The molecule has 0 saturated heterocycles. The molecule has 0 heterocycles. The summed E-state index contributed by atoms with van der Waals surface area (Å²) in [5.41, 5.74) is 0. The molecule has 0 fully saturated rings. The van der Waals surface area contributed by atoms with E-state index in [1.165, 1.54) is 77.0 Å². The highest BCUT2D eigenvalue weighted by Crippen LogP contribution is 2.13. The van der Waals surface area contributed by atoms with Gasteiger partial charge in [-0.1, -0.05) is 136 Å². The third kappa shape index (κ3) is 36.2. The van der Waals surface area contributed by atoms with Crippen molar-refractivity contribution >= 4 is 17.9 Å². The number of unbranched alkanes of at least 4 members (excludes halogenated alkanes) is 18. The van der Waals surface area contributed by atoms with Crippen LogP contribution >= 0.6 is 0 Å². The van der Waals surface area contributed by atoms with Crippen LogP contribution in [0.4, 0.5) is 0 Å². The SMILES string of the molecule is CCCCCC/C=C\COC(=O)CCCCCCCC(=O)OCC(CO)COC(=O)CCC(OCCCCCCCC)OCCCCCCCC. The van der Waals surface area contributed by atoms with Gasteiger partial charge in [-0.2, -0.15) is 0 Å². The van der Waals surface area contributed by atoms with Crippen LogP contribution in [0.5, 0.6) is 0 Å². The lowest BCUT2D eigenvalue weighted by atomic mass is 10.1. The van der Waals surface area contributed by atoms with Gasteiger partial charge in [0.2, 0.25) is 0 Å². The molecule has 0 aromatic rings. The van der Waals surface area contributed by atoms with Crippen molar-refractivity contribution in [2.24, 2.45) is 5.92 Å². The Morgan fingerprint density at radius 2 is 0.941 bits per heavy atom. The van der Waals surface area contributed by atoms with E-state index in [0.717, 1.165) is 57.8 Å². The molecule has 0 aliphatic heterocycles. The molecule has 1 atom stereocenters. The van der Waals surface area contributed by atoms with Crippen LogP contribution in [0.15, 0.2) is 12.2 Å². The third-order valence-electron chi connectivity index (χ3n) is 8.90. The molecule has 300 valence electrons. The number of hydrogen-bond acceptors (Lipinski definition) is 9. The maximum absolute atomic E-state index is 12.5. The molecule has 9 heteroatoms. The maximum atomic E-state index is 12.5. The van der Waals surface area contributed by atoms with Crippen LogP contribution in [0.3, 0.4) is 0 Å². The van der Waals surface area contributed by atoms with Crippen molar-refractivity contribution in [2.75, 3.05) is 39.6 Å². The van der Waals surface area contributed by atoms with Crippen LogP contribution in [-0.2, 0) is 38.1 Å². The van der Waals surface area contributed by atoms with Crippen LogP contribution in [0.25, 0.3) is 0 Å². The van der Waals surface area contributed by atoms with Gasteiger partial charge in [0, 0.05) is 32.5 Å². The summed E-state index contributed by atoms with van der Waals surface area (Å²) in [5, 5.41) is 9.73. The minimum Gasteiger partial charge on any atom is -0.465 e. The van der Waals surface area contributed by atoms with E-state index in [1.807, 2.05) is 6.08 Å². The first-order chi connectivity index (χ1) is 25.0. The van der Waals surface area contributed by atoms with Crippen LogP contribution in [-0.4, -0.2) is 68.9 Å². The maximum Gasteiger partial charge on any atom is 0.306 e. The fraction of sp³-hybridized carbons (Fsp3) is 0.881. The number of rotatable bonds is 39. The van der Waals surface area contributed by atoms with E-state index in [2.05, 4.69) is 26.8 Å². The zero-order valence-electron chi connectivity index (χ0n) is 33.2. The number of hydrogen-bond donors (Lipinski definition) is 1. The van der Waals surface area contributed by atoms with Gasteiger partial charge in [0.05, 0.1) is 32.2 Å². The van der Waals surface area contributed by atoms with Gasteiger partial charge in [0.15, 0.2) is 6.29 Å². The Bertz CT molecular complexity index is 798. The molecule has 9 nitrogen and oxygen atoms in total. The lowest BCUT2D eigenvalue weighted by molar-refractivity contribution is -0.161. The van der Waals surface area contributed by atoms with E-state index < -0.39 is 12.2 Å². The summed E-state index contributed by atoms with van der Waals surface area (Å²) in [5.74, 6) is -1.34. The normalized spacial score (nSPS) is 12.1. The number of carbonyl (C=O) groups is 3. The minimum absolute atomic E-state index is 0.00410. The fourth-order valence-electron chi connectivity index (χ4n) is 5.52. The lowest BCUT2D eigenvalue weighted by Gasteiger charge is -2.19. The average molecular weight is 727 g/mol. The second-order valence-electron chi connectivity index (χ2n) is 13.9. The van der Waals surface area contributed by atoms with Crippen molar-refractivity contribution in [1.29, 1.82) is 0 Å². The summed E-state index contributed by atoms with van der Waals surface area (Å²) in [6, 6.07) is 0. The summed E-state index contributed by atoms with van der Waals surface area (Å²) in [6.45, 7) is 7.96. The molecule has 0 aromatic heterocycles. The van der Waals surface area contributed by atoms with Crippen molar-refractivity contribution in [3.05, 3.63) is 12.2 Å². The van der Waals surface area contributed by atoms with Gasteiger partial charge in [0.1, 0.15) is 6.61 Å². The second kappa shape index (κ2) is 39.2. The zero-order chi connectivity index (χ0) is 37.5. The standard InChI is InChI=1S/C42H78O9/c1-4-7-10-13-16-22-25-32-47-39(44)28-23-18-17-19-24-29-40(45)50-36-38(35-43)37-51-41(46)30-31-42(48-33-26-20-14-11-8-5-2)49-34-27-21-15-12-9-6-3/h22,25,38,42-43H,4-21,23-24,26-37H2,1-3H3/b25-22-. The number of esters is 3. The smallest absolute Gasteiger partial charge is 0.306 e. The Morgan fingerprint density at radius 1 is 0.510 bits per heavy atom. The van der Waals surface area contributed by atoms with Gasteiger partial charge in [-0.25, -0.2) is 0 Å². The molecule has 1 N–H and O–H groups in total. The molecule has 1 unspecified atom stereocenters. The molecular weight excluding hydrogens is 648 g/mol. The van der Waals surface area contributed by atoms with Crippen LogP contribution < -0.4 is 0 Å². The first-order valence-corrected chi connectivity index (χ1v) is 20.9. The molecule has 0 amide bonds. The number of allylic oxidation sites excluding steroid dienone is 1. The molecule has 0 aliphatic rings. The number of ether oxygens (including phenoxy) is 5. The minimum atomic E-state index is -0.470. The highest BCUT2D eigenvalue weighted by atomic mass is 16.7. The molecule has 0 bridgehead atoms. The third-order valence-corrected chi connectivity index (χ3v) is 8.90. The Hall–Kier alpha value is -1.97. The predicted molar refractivity (Wildman–Crippen MR) is 205 cm³/mol. The van der Waals surface area contributed by atoms with Crippen LogP contribution in [0.2, 0.25) is 0 Å². The van der Waals surface area contributed by atoms with E-state index in [4.69, 9.17) is 23.7 Å². The molecule has 0 radical (unpaired) electrons. The summed E-state index contributed by atoms with van der Waals surface area (Å²) < 4.78 is 28.0. The fourth-order valence-corrected chi connectivity index (χ4v) is 5.52. The van der Waals surface area contributed by atoms with Crippen LogP contribution in [0, 0.1) is 5.92 Å². The first-order valence-electron chi connectivity index (χ1n) is 20.9. The Kier molecular flexibility index (Phi) is 37.7. The summed E-state index contributed by atoms with van der Waals surface area (Å²) in [7, 11) is 0. The molecule has 0 aromatic carbocycles. The predicted octanol–water partition coefficient (Wildman–Crippen LogP) is 10.3. The summed E-state index contributed by atoms with van der Waals surface area (Å²) in [4.78, 5) is 36.6. The molecular formula is C42H78O9. The van der Waals surface area contributed by atoms with Crippen LogP contribution in [0.1, 0.15) is 188 Å². The van der Waals surface area contributed by atoms with E-state index in [0.29, 0.717) is 45.5 Å². The summed E-state index contributed by atoms with van der Waals surface area (Å²) in [6.07, 6.45) is 29.2. The Balaban J connectivity index is 4.11. The molecule has 51 heavy (non-hydrogen) atoms. The van der Waals surface area contributed by atoms with Gasteiger partial charge < -0.3 is 28.8 Å². The van der Waals surface area contributed by atoms with Crippen molar-refractivity contribution in [3.63, 3.8) is 0 Å². The Morgan fingerprint density at radius 3 is 1.45 bits per heavy atom. The molecule has 0 saturated carbocycles. The van der Waals surface area contributed by atoms with Crippen molar-refractivity contribution in [3.8, 4) is 0 Å². The quantitative estimate of drug-likeness (QED) is 0.0217. The highest BCUT2D eigenvalue weighted by molar-refractivity contribution is 5.70. The highest BCUT2D eigenvalue weighted by Gasteiger charge is 2.17. The Labute approximate surface area is 312 Å². The zero-order valence-corrected chi connectivity index (χ0v) is 33.2. The van der Waals surface area contributed by atoms with E-state index >= 15 is 0 Å². The largest absolute Gasteiger partial charge is 0.465 e. The topological polar surface area (TPSA) is 118 Å². The average Bonchev–Trinajstić information content (AvgIpc) is 3.13.